The Morgan fingerprint density at radius 2 is 2.07 bits per heavy atom. The monoisotopic (exact) mass is 207 g/mol. The average molecular weight is 207 g/mol. The highest BCUT2D eigenvalue weighted by Crippen LogP contribution is 2.15. The highest BCUT2D eigenvalue weighted by molar-refractivity contribution is 5.20. The molecular weight excluding hydrogens is 186 g/mol. The van der Waals surface area contributed by atoms with Crippen LogP contribution in [0.5, 0.6) is 5.88 Å². The number of nitrogens with zero attached hydrogens (tertiary/aromatic N) is 1. The van der Waals surface area contributed by atoms with E-state index in [4.69, 9.17) is 4.74 Å². The predicted molar refractivity (Wildman–Crippen MR) is 63.2 cm³/mol. The zero-order valence-corrected chi connectivity index (χ0v) is 10.2. The molecule has 1 heterocycles. The molecule has 0 fully saturated rings. The molecule has 2 heteroatoms. The Morgan fingerprint density at radius 1 is 1.33 bits per heavy atom. The van der Waals surface area contributed by atoms with Crippen molar-refractivity contribution in [3.8, 4) is 5.88 Å². The summed E-state index contributed by atoms with van der Waals surface area (Å²) in [6, 6.07) is 4.11. The van der Waals surface area contributed by atoms with Gasteiger partial charge in [0.15, 0.2) is 0 Å². The number of hydrogen-bond acceptors (Lipinski definition) is 2. The lowest BCUT2D eigenvalue weighted by Crippen LogP contribution is -2.11. The summed E-state index contributed by atoms with van der Waals surface area (Å²) in [4.78, 5) is 4.21. The summed E-state index contributed by atoms with van der Waals surface area (Å²) in [6.07, 6.45) is 4.16. The van der Waals surface area contributed by atoms with Gasteiger partial charge in [-0.2, -0.15) is 0 Å². The Balaban J connectivity index is 2.65. The Morgan fingerprint density at radius 3 is 2.67 bits per heavy atom. The van der Waals surface area contributed by atoms with Crippen molar-refractivity contribution in [2.75, 3.05) is 0 Å². The average Bonchev–Trinajstić information content (AvgIpc) is 2.17. The van der Waals surface area contributed by atoms with Crippen molar-refractivity contribution in [2.45, 2.75) is 46.6 Å². The molecule has 15 heavy (non-hydrogen) atoms. The first-order chi connectivity index (χ1) is 7.11. The number of ether oxygens (including phenoxy) is 1. The molecule has 0 aliphatic carbocycles. The molecule has 0 radical (unpaired) electrons. The minimum absolute atomic E-state index is 0.242. The van der Waals surface area contributed by atoms with Crippen LogP contribution in [0.25, 0.3) is 0 Å². The van der Waals surface area contributed by atoms with Crippen LogP contribution in [0.4, 0.5) is 0 Å². The molecule has 0 unspecified atom stereocenters. The summed E-state index contributed by atoms with van der Waals surface area (Å²) in [5.41, 5.74) is 1.30. The lowest BCUT2D eigenvalue weighted by atomic mass is 10.0. The molecule has 0 saturated carbocycles. The van der Waals surface area contributed by atoms with E-state index < -0.39 is 0 Å². The van der Waals surface area contributed by atoms with Crippen LogP contribution in [0.15, 0.2) is 18.3 Å². The van der Waals surface area contributed by atoms with Crippen molar-refractivity contribution < 1.29 is 4.74 Å². The van der Waals surface area contributed by atoms with Crippen LogP contribution in [-0.2, 0) is 6.42 Å². The Bertz CT molecular complexity index is 296. The quantitative estimate of drug-likeness (QED) is 0.737. The number of pyridine rings is 1. The first kappa shape index (κ1) is 12.0. The molecule has 0 aliphatic heterocycles. The molecule has 0 amide bonds. The van der Waals surface area contributed by atoms with Gasteiger partial charge in [0.05, 0.1) is 6.10 Å². The molecule has 1 aromatic rings. The summed E-state index contributed by atoms with van der Waals surface area (Å²) in [6.45, 7) is 8.62. The summed E-state index contributed by atoms with van der Waals surface area (Å²) >= 11 is 0. The summed E-state index contributed by atoms with van der Waals surface area (Å²) in [7, 11) is 0. The van der Waals surface area contributed by atoms with E-state index in [1.165, 1.54) is 5.56 Å². The van der Waals surface area contributed by atoms with Gasteiger partial charge >= 0.3 is 0 Å². The van der Waals surface area contributed by atoms with Crippen LogP contribution < -0.4 is 4.74 Å². The summed E-state index contributed by atoms with van der Waals surface area (Å²) in [5, 5.41) is 0. The summed E-state index contributed by atoms with van der Waals surface area (Å²) < 4.78 is 5.67. The third-order valence-electron chi connectivity index (χ3n) is 2.34. The summed E-state index contributed by atoms with van der Waals surface area (Å²) in [5.74, 6) is 1.42. The molecule has 84 valence electrons. The van der Waals surface area contributed by atoms with Gasteiger partial charge in [-0.05, 0) is 37.3 Å². The fourth-order valence-corrected chi connectivity index (χ4v) is 1.40. The van der Waals surface area contributed by atoms with Gasteiger partial charge in [0, 0.05) is 12.3 Å². The lowest BCUT2D eigenvalue weighted by Gasteiger charge is -2.12. The lowest BCUT2D eigenvalue weighted by molar-refractivity contribution is 0.208. The van der Waals surface area contributed by atoms with E-state index in [1.807, 2.05) is 12.3 Å². The van der Waals surface area contributed by atoms with Gasteiger partial charge in [0.25, 0.3) is 0 Å². The molecular formula is C13H21NO. The van der Waals surface area contributed by atoms with E-state index >= 15 is 0 Å². The Kier molecular flexibility index (Phi) is 4.60. The SMILES string of the molecule is CC[C@H](C)Oc1cc(CC(C)C)ccn1. The van der Waals surface area contributed by atoms with Crippen molar-refractivity contribution in [3.63, 3.8) is 0 Å². The molecule has 1 rings (SSSR count). The van der Waals surface area contributed by atoms with E-state index in [-0.39, 0.29) is 6.10 Å². The largest absolute Gasteiger partial charge is 0.475 e. The first-order valence-electron chi connectivity index (χ1n) is 5.73. The second-order valence-corrected chi connectivity index (χ2v) is 4.44. The highest BCUT2D eigenvalue weighted by atomic mass is 16.5. The number of hydrogen-bond donors (Lipinski definition) is 0. The molecule has 2 nitrogen and oxygen atoms in total. The molecule has 1 atom stereocenters. The zero-order chi connectivity index (χ0) is 11.3. The van der Waals surface area contributed by atoms with Crippen molar-refractivity contribution in [3.05, 3.63) is 23.9 Å². The normalized spacial score (nSPS) is 12.9. The number of aromatic nitrogens is 1. The fraction of sp³-hybridized carbons (Fsp3) is 0.615. The molecule has 0 saturated heterocycles. The zero-order valence-electron chi connectivity index (χ0n) is 10.2. The van der Waals surface area contributed by atoms with Gasteiger partial charge in [-0.3, -0.25) is 0 Å². The van der Waals surface area contributed by atoms with Gasteiger partial charge in [-0.25, -0.2) is 4.98 Å². The van der Waals surface area contributed by atoms with E-state index in [0.29, 0.717) is 5.92 Å². The molecule has 1 aromatic heterocycles. The van der Waals surface area contributed by atoms with Crippen molar-refractivity contribution in [1.82, 2.24) is 4.98 Å². The van der Waals surface area contributed by atoms with Crippen LogP contribution in [0.1, 0.15) is 39.7 Å². The van der Waals surface area contributed by atoms with Crippen LogP contribution in [-0.4, -0.2) is 11.1 Å². The van der Waals surface area contributed by atoms with E-state index in [1.54, 1.807) is 0 Å². The Labute approximate surface area is 92.7 Å². The van der Waals surface area contributed by atoms with Crippen LogP contribution in [0.2, 0.25) is 0 Å². The van der Waals surface area contributed by atoms with Gasteiger partial charge in [-0.15, -0.1) is 0 Å². The standard InChI is InChI=1S/C13H21NO/c1-5-11(4)15-13-9-12(6-7-14-13)8-10(2)3/h6-7,9-11H,5,8H2,1-4H3/t11-/m0/s1. The molecule has 0 aliphatic rings. The van der Waals surface area contributed by atoms with Crippen LogP contribution in [0.3, 0.4) is 0 Å². The van der Waals surface area contributed by atoms with Gasteiger partial charge < -0.3 is 4.74 Å². The van der Waals surface area contributed by atoms with E-state index in [9.17, 15) is 0 Å². The number of rotatable bonds is 5. The van der Waals surface area contributed by atoms with Crippen molar-refractivity contribution in [2.24, 2.45) is 5.92 Å². The third kappa shape index (κ3) is 4.32. The predicted octanol–water partition coefficient (Wildman–Crippen LogP) is 3.46. The first-order valence-corrected chi connectivity index (χ1v) is 5.73. The second-order valence-electron chi connectivity index (χ2n) is 4.44. The maximum absolute atomic E-state index is 5.67. The van der Waals surface area contributed by atoms with E-state index in [0.717, 1.165) is 18.7 Å². The maximum atomic E-state index is 5.67. The second kappa shape index (κ2) is 5.74. The van der Waals surface area contributed by atoms with Gasteiger partial charge in [0.1, 0.15) is 0 Å². The van der Waals surface area contributed by atoms with E-state index in [2.05, 4.69) is 38.7 Å². The topological polar surface area (TPSA) is 22.1 Å². The molecule has 0 spiro atoms. The van der Waals surface area contributed by atoms with Crippen molar-refractivity contribution in [1.29, 1.82) is 0 Å². The minimum Gasteiger partial charge on any atom is -0.475 e. The highest BCUT2D eigenvalue weighted by Gasteiger charge is 2.04. The Hall–Kier alpha value is -1.05. The minimum atomic E-state index is 0.242. The molecule has 0 aromatic carbocycles. The molecule has 0 bridgehead atoms. The third-order valence-corrected chi connectivity index (χ3v) is 2.34. The van der Waals surface area contributed by atoms with Gasteiger partial charge in [-0.1, -0.05) is 20.8 Å². The van der Waals surface area contributed by atoms with Crippen molar-refractivity contribution >= 4 is 0 Å². The smallest absolute Gasteiger partial charge is 0.213 e. The van der Waals surface area contributed by atoms with Gasteiger partial charge in [0.2, 0.25) is 5.88 Å². The fourth-order valence-electron chi connectivity index (χ4n) is 1.40. The molecule has 0 N–H and O–H groups in total. The maximum Gasteiger partial charge on any atom is 0.213 e. The van der Waals surface area contributed by atoms with Crippen LogP contribution >= 0.6 is 0 Å². The van der Waals surface area contributed by atoms with Crippen LogP contribution in [0, 0.1) is 5.92 Å².